The number of carbonyl (C=O) groups is 1. The number of carbonyl (C=O) groups excluding carboxylic acids is 1. The first-order valence-corrected chi connectivity index (χ1v) is 5.65. The largest absolute Gasteiger partial charge is 0.322 e. The molecule has 0 aliphatic rings. The van der Waals surface area contributed by atoms with E-state index in [2.05, 4.69) is 4.98 Å². The quantitative estimate of drug-likeness (QED) is 0.396. The molecule has 0 aliphatic heterocycles. The molecule has 0 atom stereocenters. The molecule has 0 unspecified atom stereocenters. The van der Waals surface area contributed by atoms with Crippen molar-refractivity contribution < 1.29 is 26.7 Å². The van der Waals surface area contributed by atoms with Crippen LogP contribution in [0.3, 0.4) is 0 Å². The summed E-state index contributed by atoms with van der Waals surface area (Å²) in [5.74, 6) is -12.7. The summed E-state index contributed by atoms with van der Waals surface area (Å²) in [5.41, 5.74) is -1.61. The zero-order valence-corrected chi connectivity index (χ0v) is 10.6. The minimum atomic E-state index is -2.34. The Kier molecular flexibility index (Phi) is 4.08. The Morgan fingerprint density at radius 3 is 2.05 bits per heavy atom. The highest BCUT2D eigenvalue weighted by Crippen LogP contribution is 2.24. The van der Waals surface area contributed by atoms with Crippen LogP contribution in [-0.4, -0.2) is 10.9 Å². The van der Waals surface area contributed by atoms with Crippen LogP contribution in [0.1, 0.15) is 10.4 Å². The Bertz CT molecular complexity index is 709. The predicted octanol–water partition coefficient (Wildman–Crippen LogP) is 3.68. The van der Waals surface area contributed by atoms with Gasteiger partial charge in [-0.3, -0.25) is 4.79 Å². The fourth-order valence-electron chi connectivity index (χ4n) is 1.48. The normalized spacial score (nSPS) is 10.6. The first kappa shape index (κ1) is 15.2. The molecule has 2 aromatic rings. The van der Waals surface area contributed by atoms with Crippen molar-refractivity contribution in [3.63, 3.8) is 0 Å². The minimum absolute atomic E-state index is 0.0241. The number of anilines is 1. The Morgan fingerprint density at radius 1 is 1.00 bits per heavy atom. The fourth-order valence-corrected chi connectivity index (χ4v) is 1.65. The molecule has 1 aromatic carbocycles. The molecule has 0 saturated carbocycles. The van der Waals surface area contributed by atoms with Crippen molar-refractivity contribution in [1.82, 2.24) is 4.98 Å². The van der Waals surface area contributed by atoms with E-state index in [0.29, 0.717) is 0 Å². The van der Waals surface area contributed by atoms with Crippen molar-refractivity contribution in [2.24, 2.45) is 0 Å². The third-order valence-electron chi connectivity index (χ3n) is 2.42. The first-order chi connectivity index (χ1) is 9.82. The molecule has 110 valence electrons. The van der Waals surface area contributed by atoms with Gasteiger partial charge < -0.3 is 5.32 Å². The number of amides is 1. The summed E-state index contributed by atoms with van der Waals surface area (Å²) in [6.07, 6.45) is 1.18. The Morgan fingerprint density at radius 2 is 1.52 bits per heavy atom. The Hall–Kier alpha value is -2.22. The van der Waals surface area contributed by atoms with E-state index in [1.807, 2.05) is 5.32 Å². The van der Waals surface area contributed by atoms with E-state index in [4.69, 9.17) is 11.6 Å². The van der Waals surface area contributed by atoms with E-state index in [9.17, 15) is 26.7 Å². The number of benzene rings is 1. The van der Waals surface area contributed by atoms with Gasteiger partial charge in [0.2, 0.25) is 5.82 Å². The molecule has 0 saturated heterocycles. The van der Waals surface area contributed by atoms with Crippen molar-refractivity contribution in [2.45, 2.75) is 0 Å². The van der Waals surface area contributed by atoms with Gasteiger partial charge in [0.15, 0.2) is 23.3 Å². The SMILES string of the molecule is O=C(Nc1ccnc(Cl)c1)c1c(F)c(F)c(F)c(F)c1F. The van der Waals surface area contributed by atoms with Gasteiger partial charge in [-0.1, -0.05) is 11.6 Å². The number of rotatable bonds is 2. The predicted molar refractivity (Wildman–Crippen MR) is 63.4 cm³/mol. The molecule has 1 aromatic heterocycles. The van der Waals surface area contributed by atoms with Crippen LogP contribution in [0.15, 0.2) is 18.3 Å². The molecular formula is C12H4ClF5N2O. The summed E-state index contributed by atoms with van der Waals surface area (Å²) >= 11 is 5.53. The van der Waals surface area contributed by atoms with E-state index < -0.39 is 40.6 Å². The van der Waals surface area contributed by atoms with Crippen LogP contribution in [-0.2, 0) is 0 Å². The number of hydrogen-bond acceptors (Lipinski definition) is 2. The lowest BCUT2D eigenvalue weighted by Gasteiger charge is -2.09. The molecule has 0 bridgehead atoms. The van der Waals surface area contributed by atoms with Gasteiger partial charge >= 0.3 is 0 Å². The van der Waals surface area contributed by atoms with Crippen LogP contribution in [0.2, 0.25) is 5.15 Å². The maximum absolute atomic E-state index is 13.4. The van der Waals surface area contributed by atoms with Crippen molar-refractivity contribution >= 4 is 23.2 Å². The van der Waals surface area contributed by atoms with Crippen LogP contribution in [0.5, 0.6) is 0 Å². The summed E-state index contributed by atoms with van der Waals surface area (Å²) in [5, 5.41) is 1.92. The first-order valence-electron chi connectivity index (χ1n) is 5.27. The topological polar surface area (TPSA) is 42.0 Å². The highest BCUT2D eigenvalue weighted by Gasteiger charge is 2.29. The van der Waals surface area contributed by atoms with Gasteiger partial charge in [0.25, 0.3) is 5.91 Å². The molecule has 1 amide bonds. The minimum Gasteiger partial charge on any atom is -0.322 e. The maximum atomic E-state index is 13.4. The van der Waals surface area contributed by atoms with Crippen LogP contribution in [0.25, 0.3) is 0 Å². The van der Waals surface area contributed by atoms with Crippen molar-refractivity contribution in [1.29, 1.82) is 0 Å². The molecule has 0 radical (unpaired) electrons. The molecule has 2 rings (SSSR count). The lowest BCUT2D eigenvalue weighted by atomic mass is 10.1. The average Bonchev–Trinajstić information content (AvgIpc) is 2.43. The zero-order valence-electron chi connectivity index (χ0n) is 9.86. The van der Waals surface area contributed by atoms with Gasteiger partial charge in [-0.2, -0.15) is 0 Å². The highest BCUT2D eigenvalue weighted by molar-refractivity contribution is 6.29. The average molecular weight is 323 g/mol. The van der Waals surface area contributed by atoms with Gasteiger partial charge in [0, 0.05) is 11.9 Å². The van der Waals surface area contributed by atoms with E-state index in [-0.39, 0.29) is 10.8 Å². The summed E-state index contributed by atoms with van der Waals surface area (Å²) < 4.78 is 65.7. The lowest BCUT2D eigenvalue weighted by Crippen LogP contribution is -2.19. The number of halogens is 6. The molecule has 0 aliphatic carbocycles. The van der Waals surface area contributed by atoms with Crippen LogP contribution in [0.4, 0.5) is 27.6 Å². The maximum Gasteiger partial charge on any atom is 0.261 e. The van der Waals surface area contributed by atoms with Gasteiger partial charge in [0.1, 0.15) is 10.7 Å². The molecule has 3 nitrogen and oxygen atoms in total. The van der Waals surface area contributed by atoms with E-state index in [0.717, 1.165) is 6.07 Å². The van der Waals surface area contributed by atoms with Gasteiger partial charge in [-0.15, -0.1) is 0 Å². The highest BCUT2D eigenvalue weighted by atomic mass is 35.5. The van der Waals surface area contributed by atoms with Crippen molar-refractivity contribution in [3.8, 4) is 0 Å². The van der Waals surface area contributed by atoms with E-state index in [1.54, 1.807) is 0 Å². The van der Waals surface area contributed by atoms with E-state index >= 15 is 0 Å². The van der Waals surface area contributed by atoms with Crippen LogP contribution < -0.4 is 5.32 Å². The number of hydrogen-bond donors (Lipinski definition) is 1. The second-order valence-electron chi connectivity index (χ2n) is 3.77. The number of pyridine rings is 1. The summed E-state index contributed by atoms with van der Waals surface area (Å²) in [6.45, 7) is 0. The summed E-state index contributed by atoms with van der Waals surface area (Å²) in [6, 6.07) is 2.35. The molecule has 21 heavy (non-hydrogen) atoms. The third-order valence-corrected chi connectivity index (χ3v) is 2.63. The Balaban J connectivity index is 2.45. The van der Waals surface area contributed by atoms with Crippen molar-refractivity contribution in [2.75, 3.05) is 5.32 Å². The monoisotopic (exact) mass is 322 g/mol. The molecule has 0 fully saturated rings. The van der Waals surface area contributed by atoms with E-state index in [1.165, 1.54) is 12.3 Å². The molecule has 1 N–H and O–H groups in total. The molecular weight excluding hydrogens is 319 g/mol. The second-order valence-corrected chi connectivity index (χ2v) is 4.15. The molecule has 1 heterocycles. The van der Waals surface area contributed by atoms with Crippen molar-refractivity contribution in [3.05, 3.63) is 58.1 Å². The number of nitrogens with zero attached hydrogens (tertiary/aromatic N) is 1. The zero-order chi connectivity index (χ0) is 15.7. The van der Waals surface area contributed by atoms with Gasteiger partial charge in [-0.25, -0.2) is 26.9 Å². The van der Waals surface area contributed by atoms with Crippen LogP contribution in [0, 0.1) is 29.1 Å². The summed E-state index contributed by atoms with van der Waals surface area (Å²) in [4.78, 5) is 15.3. The molecule has 0 spiro atoms. The van der Waals surface area contributed by atoms with Crippen LogP contribution >= 0.6 is 11.6 Å². The standard InChI is InChI=1S/C12H4ClF5N2O/c13-5-3-4(1-2-19-5)20-12(21)6-7(14)9(16)11(18)10(17)8(6)15/h1-3H,(H,19,20,21). The lowest BCUT2D eigenvalue weighted by molar-refractivity contribution is 0.101. The fraction of sp³-hybridized carbons (Fsp3) is 0. The number of aromatic nitrogens is 1. The summed E-state index contributed by atoms with van der Waals surface area (Å²) in [7, 11) is 0. The van der Waals surface area contributed by atoms with Gasteiger partial charge in [-0.05, 0) is 12.1 Å². The number of nitrogens with one attached hydrogen (secondary N) is 1. The Labute approximate surface area is 119 Å². The smallest absolute Gasteiger partial charge is 0.261 e. The molecule has 9 heteroatoms. The van der Waals surface area contributed by atoms with Gasteiger partial charge in [0.05, 0.1) is 0 Å². The third kappa shape index (κ3) is 2.80. The second kappa shape index (κ2) is 5.65.